The van der Waals surface area contributed by atoms with Crippen LogP contribution in [0, 0.1) is 11.3 Å². The van der Waals surface area contributed by atoms with Gasteiger partial charge in [0.2, 0.25) is 5.91 Å². The van der Waals surface area contributed by atoms with Crippen LogP contribution in [0.1, 0.15) is 26.3 Å². The van der Waals surface area contributed by atoms with E-state index < -0.39 is 0 Å². The third-order valence-electron chi connectivity index (χ3n) is 3.04. The van der Waals surface area contributed by atoms with Crippen molar-refractivity contribution in [3.05, 3.63) is 29.8 Å². The fourth-order valence-electron chi connectivity index (χ4n) is 1.86. The number of nitrogens with zero attached hydrogens (tertiary/aromatic N) is 2. The van der Waals surface area contributed by atoms with E-state index in [1.54, 1.807) is 24.3 Å². The zero-order chi connectivity index (χ0) is 13.5. The Morgan fingerprint density at radius 1 is 1.39 bits per heavy atom. The summed E-state index contributed by atoms with van der Waals surface area (Å²) in [6.07, 6.45) is 0. The van der Waals surface area contributed by atoms with Crippen molar-refractivity contribution >= 4 is 11.6 Å². The maximum Gasteiger partial charge on any atom is 0.241 e. The van der Waals surface area contributed by atoms with Crippen molar-refractivity contribution in [3.63, 3.8) is 0 Å². The zero-order valence-electron chi connectivity index (χ0n) is 11.1. The van der Waals surface area contributed by atoms with Crippen LogP contribution >= 0.6 is 0 Å². The summed E-state index contributed by atoms with van der Waals surface area (Å²) in [5.41, 5.74) is 1.06. The smallest absolute Gasteiger partial charge is 0.241 e. The Labute approximate surface area is 108 Å². The van der Waals surface area contributed by atoms with Gasteiger partial charge < -0.3 is 5.32 Å². The molecule has 0 radical (unpaired) electrons. The Morgan fingerprint density at radius 3 is 2.56 bits per heavy atom. The number of likely N-dealkylation sites (N-methyl/N-ethyl adjacent to an activating group) is 1. The molecule has 1 unspecified atom stereocenters. The molecule has 1 atom stereocenters. The molecule has 4 heteroatoms. The Hall–Kier alpha value is -1.86. The fourth-order valence-corrected chi connectivity index (χ4v) is 1.86. The Morgan fingerprint density at radius 2 is 2.00 bits per heavy atom. The van der Waals surface area contributed by atoms with Crippen LogP contribution in [0.25, 0.3) is 0 Å². The number of amides is 1. The molecular formula is C14H19N3O. The number of rotatable bonds is 5. The van der Waals surface area contributed by atoms with E-state index in [9.17, 15) is 4.79 Å². The highest BCUT2D eigenvalue weighted by Crippen LogP contribution is 2.14. The van der Waals surface area contributed by atoms with Gasteiger partial charge in [-0.05, 0) is 32.1 Å². The fraction of sp³-hybridized carbons (Fsp3) is 0.429. The highest BCUT2D eigenvalue weighted by Gasteiger charge is 2.19. The average molecular weight is 245 g/mol. The van der Waals surface area contributed by atoms with Crippen molar-refractivity contribution in [2.24, 2.45) is 0 Å². The SMILES string of the molecule is CCN(CC)C(C)C(=O)Nc1ccccc1C#N. The van der Waals surface area contributed by atoms with Crippen molar-refractivity contribution < 1.29 is 4.79 Å². The molecule has 0 aliphatic heterocycles. The van der Waals surface area contributed by atoms with Crippen molar-refractivity contribution in [1.29, 1.82) is 5.26 Å². The quantitative estimate of drug-likeness (QED) is 0.865. The molecule has 0 aliphatic carbocycles. The van der Waals surface area contributed by atoms with Crippen LogP contribution in [-0.4, -0.2) is 29.9 Å². The normalized spacial score (nSPS) is 11.9. The minimum absolute atomic E-state index is 0.0820. The van der Waals surface area contributed by atoms with Gasteiger partial charge in [-0.15, -0.1) is 0 Å². The highest BCUT2D eigenvalue weighted by atomic mass is 16.2. The summed E-state index contributed by atoms with van der Waals surface area (Å²) in [6.45, 7) is 7.57. The molecule has 0 aromatic heterocycles. The van der Waals surface area contributed by atoms with E-state index in [1.165, 1.54) is 0 Å². The first-order valence-electron chi connectivity index (χ1n) is 6.18. The summed E-state index contributed by atoms with van der Waals surface area (Å²) in [4.78, 5) is 14.1. The minimum Gasteiger partial charge on any atom is -0.324 e. The number of carbonyl (C=O) groups excluding carboxylic acids is 1. The molecule has 1 aromatic rings. The Kier molecular flexibility index (Phi) is 5.34. The summed E-state index contributed by atoms with van der Waals surface area (Å²) in [5, 5.41) is 11.8. The number of nitrogens with one attached hydrogen (secondary N) is 1. The predicted molar refractivity (Wildman–Crippen MR) is 72.2 cm³/mol. The number of para-hydroxylation sites is 1. The molecule has 4 nitrogen and oxygen atoms in total. The van der Waals surface area contributed by atoms with Gasteiger partial charge in [-0.25, -0.2) is 0 Å². The minimum atomic E-state index is -0.202. The largest absolute Gasteiger partial charge is 0.324 e. The molecule has 0 fully saturated rings. The lowest BCUT2D eigenvalue weighted by molar-refractivity contribution is -0.120. The van der Waals surface area contributed by atoms with Gasteiger partial charge in [0.25, 0.3) is 0 Å². The summed E-state index contributed by atoms with van der Waals surface area (Å²) in [5.74, 6) is -0.0820. The van der Waals surface area contributed by atoms with Crippen LogP contribution < -0.4 is 5.32 Å². The molecular weight excluding hydrogens is 226 g/mol. The molecule has 0 spiro atoms. The molecule has 0 bridgehead atoms. The van der Waals surface area contributed by atoms with Crippen molar-refractivity contribution in [1.82, 2.24) is 4.90 Å². The first-order chi connectivity index (χ1) is 8.63. The predicted octanol–water partition coefficient (Wildman–Crippen LogP) is 2.23. The number of benzene rings is 1. The van der Waals surface area contributed by atoms with E-state index in [0.29, 0.717) is 11.3 Å². The van der Waals surface area contributed by atoms with E-state index in [0.717, 1.165) is 13.1 Å². The maximum atomic E-state index is 12.1. The van der Waals surface area contributed by atoms with Crippen LogP contribution in [0.2, 0.25) is 0 Å². The van der Waals surface area contributed by atoms with Crippen molar-refractivity contribution in [2.45, 2.75) is 26.8 Å². The lowest BCUT2D eigenvalue weighted by Gasteiger charge is -2.25. The molecule has 1 rings (SSSR count). The standard InChI is InChI=1S/C14H19N3O/c1-4-17(5-2)11(3)14(18)16-13-9-7-6-8-12(13)10-15/h6-9,11H,4-5H2,1-3H3,(H,16,18). The van der Waals surface area contributed by atoms with E-state index in [2.05, 4.69) is 16.3 Å². The summed E-state index contributed by atoms with van der Waals surface area (Å²) in [6, 6.07) is 8.88. The monoisotopic (exact) mass is 245 g/mol. The number of hydrogen-bond acceptors (Lipinski definition) is 3. The van der Waals surface area contributed by atoms with Crippen LogP contribution in [0.4, 0.5) is 5.69 Å². The Balaban J connectivity index is 2.79. The summed E-state index contributed by atoms with van der Waals surface area (Å²) < 4.78 is 0. The van der Waals surface area contributed by atoms with E-state index in [4.69, 9.17) is 5.26 Å². The zero-order valence-corrected chi connectivity index (χ0v) is 11.1. The first-order valence-corrected chi connectivity index (χ1v) is 6.18. The maximum absolute atomic E-state index is 12.1. The average Bonchev–Trinajstić information content (AvgIpc) is 2.40. The van der Waals surface area contributed by atoms with E-state index in [-0.39, 0.29) is 11.9 Å². The molecule has 0 heterocycles. The highest BCUT2D eigenvalue weighted by molar-refractivity contribution is 5.95. The first kappa shape index (κ1) is 14.2. The second-order valence-electron chi connectivity index (χ2n) is 4.04. The summed E-state index contributed by atoms with van der Waals surface area (Å²) >= 11 is 0. The van der Waals surface area contributed by atoms with Crippen molar-refractivity contribution in [3.8, 4) is 6.07 Å². The number of carbonyl (C=O) groups is 1. The number of anilines is 1. The van der Waals surface area contributed by atoms with Crippen molar-refractivity contribution in [2.75, 3.05) is 18.4 Å². The molecule has 0 aliphatic rings. The molecule has 96 valence electrons. The van der Waals surface area contributed by atoms with Gasteiger partial charge in [0.1, 0.15) is 6.07 Å². The lowest BCUT2D eigenvalue weighted by atomic mass is 10.2. The van der Waals surface area contributed by atoms with Gasteiger partial charge in [0.15, 0.2) is 0 Å². The Bertz CT molecular complexity index is 447. The molecule has 18 heavy (non-hydrogen) atoms. The van der Waals surface area contributed by atoms with Gasteiger partial charge in [0, 0.05) is 0 Å². The third-order valence-corrected chi connectivity index (χ3v) is 3.04. The molecule has 0 saturated carbocycles. The topological polar surface area (TPSA) is 56.1 Å². The molecule has 1 amide bonds. The summed E-state index contributed by atoms with van der Waals surface area (Å²) in [7, 11) is 0. The van der Waals surface area contributed by atoms with Gasteiger partial charge in [0.05, 0.1) is 17.3 Å². The van der Waals surface area contributed by atoms with Crippen LogP contribution in [-0.2, 0) is 4.79 Å². The van der Waals surface area contributed by atoms with Crippen LogP contribution in [0.5, 0.6) is 0 Å². The van der Waals surface area contributed by atoms with Crippen LogP contribution in [0.15, 0.2) is 24.3 Å². The van der Waals surface area contributed by atoms with Gasteiger partial charge in [-0.2, -0.15) is 5.26 Å². The van der Waals surface area contributed by atoms with Gasteiger partial charge >= 0.3 is 0 Å². The second-order valence-corrected chi connectivity index (χ2v) is 4.04. The second kappa shape index (κ2) is 6.77. The molecule has 1 N–H and O–H groups in total. The van der Waals surface area contributed by atoms with Gasteiger partial charge in [-0.3, -0.25) is 9.69 Å². The number of hydrogen-bond donors (Lipinski definition) is 1. The van der Waals surface area contributed by atoms with E-state index in [1.807, 2.05) is 20.8 Å². The molecule has 1 aromatic carbocycles. The third kappa shape index (κ3) is 3.31. The van der Waals surface area contributed by atoms with Crippen LogP contribution in [0.3, 0.4) is 0 Å². The number of nitriles is 1. The lowest BCUT2D eigenvalue weighted by Crippen LogP contribution is -2.41. The molecule has 0 saturated heterocycles. The van der Waals surface area contributed by atoms with E-state index >= 15 is 0 Å². The van der Waals surface area contributed by atoms with Gasteiger partial charge in [-0.1, -0.05) is 26.0 Å².